The Hall–Kier alpha value is -2.33. The standard InChI is InChI=1S/C13H20N8O2/c1-19-10-9(11(22)20(2)13(19)23)16-12(18-17-10)15-5-8-21-6-3-14-4-7-21/h14H,3-8H2,1-2H3,(H,15,16,18). The largest absolute Gasteiger partial charge is 0.352 e. The summed E-state index contributed by atoms with van der Waals surface area (Å²) in [4.78, 5) is 30.5. The van der Waals surface area contributed by atoms with E-state index in [4.69, 9.17) is 0 Å². The molecule has 0 spiro atoms. The van der Waals surface area contributed by atoms with Crippen LogP contribution in [0.3, 0.4) is 0 Å². The monoisotopic (exact) mass is 320 g/mol. The van der Waals surface area contributed by atoms with Crippen LogP contribution in [0.5, 0.6) is 0 Å². The van der Waals surface area contributed by atoms with Crippen LogP contribution < -0.4 is 21.9 Å². The quantitative estimate of drug-likeness (QED) is 0.649. The summed E-state index contributed by atoms with van der Waals surface area (Å²) < 4.78 is 2.28. The molecule has 0 aliphatic carbocycles. The van der Waals surface area contributed by atoms with Gasteiger partial charge in [-0.15, -0.1) is 10.2 Å². The van der Waals surface area contributed by atoms with Gasteiger partial charge < -0.3 is 10.6 Å². The molecule has 0 saturated carbocycles. The highest BCUT2D eigenvalue weighted by Gasteiger charge is 2.13. The van der Waals surface area contributed by atoms with Gasteiger partial charge >= 0.3 is 5.69 Å². The predicted octanol–water partition coefficient (Wildman–Crippen LogP) is -2.26. The molecule has 2 aromatic rings. The molecule has 0 bridgehead atoms. The van der Waals surface area contributed by atoms with Gasteiger partial charge in [0.25, 0.3) is 5.56 Å². The third kappa shape index (κ3) is 3.08. The molecule has 2 N–H and O–H groups in total. The van der Waals surface area contributed by atoms with Gasteiger partial charge in [-0.05, 0) is 0 Å². The molecule has 2 aromatic heterocycles. The average Bonchev–Trinajstić information content (AvgIpc) is 2.59. The molecule has 1 aliphatic heterocycles. The van der Waals surface area contributed by atoms with Crippen molar-refractivity contribution in [1.29, 1.82) is 0 Å². The van der Waals surface area contributed by atoms with Crippen molar-refractivity contribution in [2.24, 2.45) is 14.1 Å². The molecule has 0 aromatic carbocycles. The molecule has 1 fully saturated rings. The van der Waals surface area contributed by atoms with E-state index in [0.29, 0.717) is 12.5 Å². The van der Waals surface area contributed by atoms with Crippen molar-refractivity contribution in [2.75, 3.05) is 44.6 Å². The van der Waals surface area contributed by atoms with Gasteiger partial charge in [0.1, 0.15) is 0 Å². The van der Waals surface area contributed by atoms with E-state index in [2.05, 4.69) is 30.7 Å². The number of rotatable bonds is 4. The van der Waals surface area contributed by atoms with Gasteiger partial charge in [0.15, 0.2) is 11.2 Å². The fourth-order valence-electron chi connectivity index (χ4n) is 2.59. The minimum Gasteiger partial charge on any atom is -0.352 e. The van der Waals surface area contributed by atoms with Crippen molar-refractivity contribution in [3.05, 3.63) is 20.8 Å². The first-order chi connectivity index (χ1) is 11.1. The molecule has 1 aliphatic rings. The molecule has 124 valence electrons. The number of nitrogens with one attached hydrogen (secondary N) is 2. The number of aryl methyl sites for hydroxylation is 1. The molecule has 3 rings (SSSR count). The zero-order valence-corrected chi connectivity index (χ0v) is 13.2. The van der Waals surface area contributed by atoms with Gasteiger partial charge in [-0.3, -0.25) is 18.8 Å². The van der Waals surface area contributed by atoms with Crippen LogP contribution in [0.25, 0.3) is 11.2 Å². The SMILES string of the molecule is Cn1c(=O)c2nc(NCCN3CCNCC3)nnc2n(C)c1=O. The second-order valence-corrected chi connectivity index (χ2v) is 5.53. The van der Waals surface area contributed by atoms with Gasteiger partial charge in [-0.2, -0.15) is 0 Å². The smallest absolute Gasteiger partial charge is 0.332 e. The maximum Gasteiger partial charge on any atom is 0.332 e. The maximum absolute atomic E-state index is 12.2. The minimum absolute atomic E-state index is 0.134. The summed E-state index contributed by atoms with van der Waals surface area (Å²) in [5.41, 5.74) is -0.596. The van der Waals surface area contributed by atoms with Crippen molar-refractivity contribution < 1.29 is 0 Å². The van der Waals surface area contributed by atoms with Crippen LogP contribution in [0.4, 0.5) is 5.95 Å². The first-order valence-corrected chi connectivity index (χ1v) is 7.55. The highest BCUT2D eigenvalue weighted by molar-refractivity contribution is 5.69. The highest BCUT2D eigenvalue weighted by atomic mass is 16.2. The zero-order chi connectivity index (χ0) is 16.4. The Labute approximate surface area is 132 Å². The van der Waals surface area contributed by atoms with E-state index in [1.807, 2.05) is 0 Å². The van der Waals surface area contributed by atoms with Gasteiger partial charge in [-0.1, -0.05) is 0 Å². The molecule has 10 nitrogen and oxygen atoms in total. The van der Waals surface area contributed by atoms with Crippen LogP contribution in [-0.4, -0.2) is 68.5 Å². The molecular formula is C13H20N8O2. The van der Waals surface area contributed by atoms with Crippen LogP contribution in [0.1, 0.15) is 0 Å². The molecule has 10 heteroatoms. The van der Waals surface area contributed by atoms with E-state index in [0.717, 1.165) is 37.3 Å². The van der Waals surface area contributed by atoms with Crippen molar-refractivity contribution in [3.8, 4) is 0 Å². The molecule has 23 heavy (non-hydrogen) atoms. The van der Waals surface area contributed by atoms with Crippen LogP contribution in [-0.2, 0) is 14.1 Å². The van der Waals surface area contributed by atoms with Crippen LogP contribution in [0.2, 0.25) is 0 Å². The lowest BCUT2D eigenvalue weighted by Gasteiger charge is -2.26. The summed E-state index contributed by atoms with van der Waals surface area (Å²) in [5.74, 6) is 0.295. The van der Waals surface area contributed by atoms with Gasteiger partial charge in [-0.25, -0.2) is 9.78 Å². The third-order valence-corrected chi connectivity index (χ3v) is 3.99. The number of hydrogen-bond donors (Lipinski definition) is 2. The Morgan fingerprint density at radius 1 is 1.13 bits per heavy atom. The number of hydrogen-bond acceptors (Lipinski definition) is 8. The second-order valence-electron chi connectivity index (χ2n) is 5.53. The Bertz CT molecular complexity index is 821. The third-order valence-electron chi connectivity index (χ3n) is 3.99. The number of fused-ring (bicyclic) bond motifs is 1. The van der Waals surface area contributed by atoms with Crippen molar-refractivity contribution in [3.63, 3.8) is 0 Å². The summed E-state index contributed by atoms with van der Waals surface area (Å²) in [7, 11) is 2.96. The van der Waals surface area contributed by atoms with E-state index in [1.165, 1.54) is 18.7 Å². The van der Waals surface area contributed by atoms with Crippen molar-refractivity contribution in [1.82, 2.24) is 34.5 Å². The maximum atomic E-state index is 12.2. The van der Waals surface area contributed by atoms with Gasteiger partial charge in [0, 0.05) is 53.4 Å². The highest BCUT2D eigenvalue weighted by Crippen LogP contribution is 2.03. The summed E-state index contributed by atoms with van der Waals surface area (Å²) in [6.45, 7) is 5.56. The Morgan fingerprint density at radius 2 is 1.87 bits per heavy atom. The van der Waals surface area contributed by atoms with E-state index in [-0.39, 0.29) is 11.2 Å². The lowest BCUT2D eigenvalue weighted by Crippen LogP contribution is -2.45. The second kappa shape index (κ2) is 6.42. The topological polar surface area (TPSA) is 110 Å². The summed E-state index contributed by atoms with van der Waals surface area (Å²) >= 11 is 0. The van der Waals surface area contributed by atoms with E-state index in [1.54, 1.807) is 0 Å². The first kappa shape index (κ1) is 15.6. The fraction of sp³-hybridized carbons (Fsp3) is 0.615. The Balaban J connectivity index is 1.77. The minimum atomic E-state index is -0.469. The molecule has 0 radical (unpaired) electrons. The lowest BCUT2D eigenvalue weighted by molar-refractivity contribution is 0.249. The zero-order valence-electron chi connectivity index (χ0n) is 13.2. The Morgan fingerprint density at radius 3 is 2.61 bits per heavy atom. The molecule has 3 heterocycles. The number of anilines is 1. The van der Waals surface area contributed by atoms with Crippen molar-refractivity contribution in [2.45, 2.75) is 0 Å². The lowest BCUT2D eigenvalue weighted by atomic mass is 10.3. The van der Waals surface area contributed by atoms with Crippen molar-refractivity contribution >= 4 is 17.1 Å². The molecule has 1 saturated heterocycles. The Kier molecular flexibility index (Phi) is 4.35. The molecular weight excluding hydrogens is 300 g/mol. The molecule has 0 atom stereocenters. The normalized spacial score (nSPS) is 15.9. The van der Waals surface area contributed by atoms with Gasteiger partial charge in [0.2, 0.25) is 5.95 Å². The van der Waals surface area contributed by atoms with E-state index >= 15 is 0 Å². The average molecular weight is 320 g/mol. The first-order valence-electron chi connectivity index (χ1n) is 7.55. The van der Waals surface area contributed by atoms with E-state index < -0.39 is 11.2 Å². The molecule has 0 amide bonds. The molecule has 0 unspecified atom stereocenters. The summed E-state index contributed by atoms with van der Waals surface area (Å²) in [6.07, 6.45) is 0. The number of nitrogens with zero attached hydrogens (tertiary/aromatic N) is 6. The number of piperazine rings is 1. The van der Waals surface area contributed by atoms with Crippen LogP contribution in [0, 0.1) is 0 Å². The van der Waals surface area contributed by atoms with Gasteiger partial charge in [0.05, 0.1) is 0 Å². The van der Waals surface area contributed by atoms with Crippen LogP contribution in [0.15, 0.2) is 9.59 Å². The predicted molar refractivity (Wildman–Crippen MR) is 85.6 cm³/mol. The van der Waals surface area contributed by atoms with E-state index in [9.17, 15) is 9.59 Å². The van der Waals surface area contributed by atoms with Crippen LogP contribution >= 0.6 is 0 Å². The fourth-order valence-corrected chi connectivity index (χ4v) is 2.59. The summed E-state index contributed by atoms with van der Waals surface area (Å²) in [6, 6.07) is 0. The summed E-state index contributed by atoms with van der Waals surface area (Å²) in [5, 5.41) is 14.3. The number of aromatic nitrogens is 5.